The third-order valence-electron chi connectivity index (χ3n) is 1.84. The minimum atomic E-state index is 0.643. The first kappa shape index (κ1) is 10.3. The van der Waals surface area contributed by atoms with Gasteiger partial charge in [-0.2, -0.15) is 5.26 Å². The number of ether oxygens (including phenoxy) is 1. The summed E-state index contributed by atoms with van der Waals surface area (Å²) in [6, 6.07) is 7.86. The van der Waals surface area contributed by atoms with Crippen molar-refractivity contribution in [2.24, 2.45) is 0 Å². The van der Waals surface area contributed by atoms with Gasteiger partial charge < -0.3 is 4.74 Å². The summed E-state index contributed by atoms with van der Waals surface area (Å²) >= 11 is 0. The summed E-state index contributed by atoms with van der Waals surface area (Å²) in [4.78, 5) is 0. The molecule has 0 amide bonds. The minimum absolute atomic E-state index is 0.643. The summed E-state index contributed by atoms with van der Waals surface area (Å²) in [5.41, 5.74) is 2.72. The lowest BCUT2D eigenvalue weighted by Gasteiger charge is -1.99. The molecule has 1 aromatic carbocycles. The molecule has 0 spiro atoms. The maximum absolute atomic E-state index is 8.84. The van der Waals surface area contributed by atoms with Crippen LogP contribution in [0.4, 0.5) is 0 Å². The number of aryl methyl sites for hydroxylation is 1. The molecule has 0 fully saturated rings. The first-order valence-electron chi connectivity index (χ1n) is 4.57. The Morgan fingerprint density at radius 2 is 2.29 bits per heavy atom. The first-order chi connectivity index (χ1) is 6.77. The van der Waals surface area contributed by atoms with Gasteiger partial charge in [-0.25, -0.2) is 0 Å². The largest absolute Gasteiger partial charge is 0.501 e. The molecule has 0 heterocycles. The van der Waals surface area contributed by atoms with E-state index in [-0.39, 0.29) is 0 Å². The predicted molar refractivity (Wildman–Crippen MR) is 56.6 cm³/mol. The molecule has 0 N–H and O–H groups in total. The van der Waals surface area contributed by atoms with E-state index in [1.165, 1.54) is 0 Å². The molecule has 0 aliphatic rings. The number of benzene rings is 1. The van der Waals surface area contributed by atoms with Gasteiger partial charge in [0.05, 0.1) is 24.5 Å². The summed E-state index contributed by atoms with van der Waals surface area (Å²) in [5, 5.41) is 8.84. The average molecular weight is 187 g/mol. The first-order valence-corrected chi connectivity index (χ1v) is 4.57. The summed E-state index contributed by atoms with van der Waals surface area (Å²) in [6.07, 6.45) is 3.44. The number of hydrogen-bond donors (Lipinski definition) is 0. The molecule has 0 aliphatic carbocycles. The third-order valence-corrected chi connectivity index (χ3v) is 1.84. The highest BCUT2D eigenvalue weighted by Gasteiger charge is 1.97. The van der Waals surface area contributed by atoms with E-state index >= 15 is 0 Å². The van der Waals surface area contributed by atoms with Crippen LogP contribution in [0, 0.1) is 18.3 Å². The fourth-order valence-corrected chi connectivity index (χ4v) is 1.14. The lowest BCUT2D eigenvalue weighted by Crippen LogP contribution is -1.84. The third kappa shape index (κ3) is 2.63. The maximum atomic E-state index is 8.84. The van der Waals surface area contributed by atoms with Crippen molar-refractivity contribution in [2.75, 3.05) is 6.61 Å². The van der Waals surface area contributed by atoms with E-state index in [1.807, 2.05) is 38.1 Å². The molecule has 0 unspecified atom stereocenters. The van der Waals surface area contributed by atoms with E-state index in [9.17, 15) is 0 Å². The Balaban J connectivity index is 2.94. The topological polar surface area (TPSA) is 33.0 Å². The van der Waals surface area contributed by atoms with Gasteiger partial charge in [-0.1, -0.05) is 17.7 Å². The molecule has 0 aromatic heterocycles. The highest BCUT2D eigenvalue weighted by Crippen LogP contribution is 2.12. The Labute approximate surface area is 84.4 Å². The van der Waals surface area contributed by atoms with Crippen molar-refractivity contribution >= 4 is 6.08 Å². The van der Waals surface area contributed by atoms with Gasteiger partial charge >= 0.3 is 0 Å². The normalized spacial score (nSPS) is 10.1. The van der Waals surface area contributed by atoms with Gasteiger partial charge in [-0.05, 0) is 31.6 Å². The Bertz CT molecular complexity index is 374. The fourth-order valence-electron chi connectivity index (χ4n) is 1.14. The van der Waals surface area contributed by atoms with Gasteiger partial charge in [0.15, 0.2) is 0 Å². The zero-order valence-electron chi connectivity index (χ0n) is 8.45. The van der Waals surface area contributed by atoms with E-state index in [2.05, 4.69) is 6.07 Å². The van der Waals surface area contributed by atoms with Crippen LogP contribution in [-0.2, 0) is 4.74 Å². The van der Waals surface area contributed by atoms with Crippen LogP contribution in [0.15, 0.2) is 24.5 Å². The van der Waals surface area contributed by atoms with Gasteiger partial charge in [0.1, 0.15) is 0 Å². The molecule has 0 saturated heterocycles. The van der Waals surface area contributed by atoms with Gasteiger partial charge in [0, 0.05) is 0 Å². The monoisotopic (exact) mass is 187 g/mol. The molecule has 72 valence electrons. The van der Waals surface area contributed by atoms with Gasteiger partial charge in [-0.15, -0.1) is 0 Å². The maximum Gasteiger partial charge on any atom is 0.0997 e. The lowest BCUT2D eigenvalue weighted by molar-refractivity contribution is 0.272. The fraction of sp³-hybridized carbons (Fsp3) is 0.250. The quantitative estimate of drug-likeness (QED) is 0.681. The lowest BCUT2D eigenvalue weighted by atomic mass is 10.1. The van der Waals surface area contributed by atoms with Crippen molar-refractivity contribution in [3.63, 3.8) is 0 Å². The van der Waals surface area contributed by atoms with Gasteiger partial charge in [0.2, 0.25) is 0 Å². The zero-order valence-corrected chi connectivity index (χ0v) is 8.45. The molecule has 0 bridgehead atoms. The Morgan fingerprint density at radius 3 is 2.93 bits per heavy atom. The Kier molecular flexibility index (Phi) is 3.75. The second-order valence-electron chi connectivity index (χ2n) is 2.96. The van der Waals surface area contributed by atoms with E-state index in [1.54, 1.807) is 6.26 Å². The van der Waals surface area contributed by atoms with Crippen LogP contribution in [0.5, 0.6) is 0 Å². The van der Waals surface area contributed by atoms with Crippen LogP contribution in [0.25, 0.3) is 6.08 Å². The number of hydrogen-bond acceptors (Lipinski definition) is 2. The SMILES string of the molecule is CCO/C=C/c1cc(C)ccc1C#N. The van der Waals surface area contributed by atoms with Gasteiger partial charge in [-0.3, -0.25) is 0 Å². The molecule has 0 aliphatic heterocycles. The van der Waals surface area contributed by atoms with Gasteiger partial charge in [0.25, 0.3) is 0 Å². The van der Waals surface area contributed by atoms with Crippen LogP contribution in [-0.4, -0.2) is 6.61 Å². The molecule has 1 aromatic rings. The van der Waals surface area contributed by atoms with Crippen LogP contribution < -0.4 is 0 Å². The number of nitrogens with zero attached hydrogens (tertiary/aromatic N) is 1. The molecular formula is C12H13NO. The van der Waals surface area contributed by atoms with Crippen molar-refractivity contribution in [3.05, 3.63) is 41.2 Å². The number of rotatable bonds is 3. The molecule has 0 radical (unpaired) electrons. The second-order valence-corrected chi connectivity index (χ2v) is 2.96. The highest BCUT2D eigenvalue weighted by molar-refractivity contribution is 5.58. The van der Waals surface area contributed by atoms with Crippen LogP contribution in [0.2, 0.25) is 0 Å². The van der Waals surface area contributed by atoms with Crippen molar-refractivity contribution in [1.29, 1.82) is 5.26 Å². The summed E-state index contributed by atoms with van der Waals surface area (Å²) in [6.45, 7) is 4.56. The molecule has 14 heavy (non-hydrogen) atoms. The summed E-state index contributed by atoms with van der Waals surface area (Å²) in [7, 11) is 0. The van der Waals surface area contributed by atoms with Crippen molar-refractivity contribution in [3.8, 4) is 6.07 Å². The summed E-state index contributed by atoms with van der Waals surface area (Å²) < 4.78 is 5.09. The van der Waals surface area contributed by atoms with Crippen LogP contribution >= 0.6 is 0 Å². The smallest absolute Gasteiger partial charge is 0.0997 e. The molecule has 2 nitrogen and oxygen atoms in total. The van der Waals surface area contributed by atoms with Crippen LogP contribution in [0.3, 0.4) is 0 Å². The van der Waals surface area contributed by atoms with E-state index in [4.69, 9.17) is 10.00 Å². The molecular weight excluding hydrogens is 174 g/mol. The second kappa shape index (κ2) is 5.08. The standard InChI is InChI=1S/C12H13NO/c1-3-14-7-6-11-8-10(2)4-5-12(11)9-13/h4-8H,3H2,1-2H3/b7-6+. The Hall–Kier alpha value is -1.75. The van der Waals surface area contributed by atoms with E-state index in [0.29, 0.717) is 12.2 Å². The zero-order chi connectivity index (χ0) is 10.4. The van der Waals surface area contributed by atoms with Crippen molar-refractivity contribution < 1.29 is 4.74 Å². The molecule has 0 atom stereocenters. The minimum Gasteiger partial charge on any atom is -0.501 e. The van der Waals surface area contributed by atoms with Crippen LogP contribution in [0.1, 0.15) is 23.6 Å². The predicted octanol–water partition coefficient (Wildman–Crippen LogP) is 2.87. The molecule has 1 rings (SSSR count). The van der Waals surface area contributed by atoms with Crippen molar-refractivity contribution in [1.82, 2.24) is 0 Å². The molecule has 2 heteroatoms. The highest BCUT2D eigenvalue weighted by atomic mass is 16.5. The average Bonchev–Trinajstić information content (AvgIpc) is 2.19. The molecule has 0 saturated carbocycles. The van der Waals surface area contributed by atoms with E-state index in [0.717, 1.165) is 11.1 Å². The van der Waals surface area contributed by atoms with E-state index < -0.39 is 0 Å². The Morgan fingerprint density at radius 1 is 1.50 bits per heavy atom. The summed E-state index contributed by atoms with van der Waals surface area (Å²) in [5.74, 6) is 0. The number of nitriles is 1. The van der Waals surface area contributed by atoms with Crippen molar-refractivity contribution in [2.45, 2.75) is 13.8 Å².